The van der Waals surface area contributed by atoms with Crippen molar-refractivity contribution in [2.24, 2.45) is 0 Å². The first-order valence-electron chi connectivity index (χ1n) is 7.65. The van der Waals surface area contributed by atoms with Gasteiger partial charge in [0.2, 0.25) is 0 Å². The molecule has 4 nitrogen and oxygen atoms in total. The van der Waals surface area contributed by atoms with E-state index in [2.05, 4.69) is 25.8 Å². The Balaban J connectivity index is 0.000000677. The third-order valence-electron chi connectivity index (χ3n) is 3.43. The van der Waals surface area contributed by atoms with E-state index in [1.165, 1.54) is 6.42 Å². The lowest BCUT2D eigenvalue weighted by Crippen LogP contribution is -2.47. The molecule has 0 spiro atoms. The van der Waals surface area contributed by atoms with E-state index in [-0.39, 0.29) is 5.91 Å². The molecule has 0 atom stereocenters. The van der Waals surface area contributed by atoms with Gasteiger partial charge < -0.3 is 14.5 Å². The zero-order valence-electron chi connectivity index (χ0n) is 14.0. The lowest BCUT2D eigenvalue weighted by molar-refractivity contribution is 0.0664. The molecule has 0 aromatic heterocycles. The minimum absolute atomic E-state index is 0.119. The highest BCUT2D eigenvalue weighted by atomic mass is 16.5. The minimum atomic E-state index is 0.119. The molecule has 1 aromatic rings. The molecule has 1 amide bonds. The first kappa shape index (κ1) is 17.5. The minimum Gasteiger partial charge on any atom is -0.496 e. The average molecular weight is 292 g/mol. The summed E-state index contributed by atoms with van der Waals surface area (Å²) in [5, 5.41) is 0. The molecule has 0 N–H and O–H groups in total. The topological polar surface area (TPSA) is 32.8 Å². The molecule has 0 radical (unpaired) electrons. The number of piperazine rings is 1. The number of nitrogens with zero attached hydrogens (tertiary/aromatic N) is 2. The highest BCUT2D eigenvalue weighted by Gasteiger charge is 2.20. The van der Waals surface area contributed by atoms with Crippen molar-refractivity contribution in [1.29, 1.82) is 0 Å². The first-order chi connectivity index (χ1) is 10.0. The number of methoxy groups -OCH3 is 1. The summed E-state index contributed by atoms with van der Waals surface area (Å²) in [4.78, 5) is 16.5. The smallest absolute Gasteiger partial charge is 0.253 e. The number of carbonyl (C=O) groups is 1. The second-order valence-electron chi connectivity index (χ2n) is 5.49. The Hall–Kier alpha value is -1.55. The number of aryl methyl sites for hydroxylation is 1. The average Bonchev–Trinajstić information content (AvgIpc) is 2.48. The molecular weight excluding hydrogens is 264 g/mol. The maximum absolute atomic E-state index is 12.3. The van der Waals surface area contributed by atoms with Gasteiger partial charge in [0.05, 0.1) is 7.11 Å². The fourth-order valence-electron chi connectivity index (χ4n) is 2.20. The maximum Gasteiger partial charge on any atom is 0.253 e. The molecule has 2 rings (SSSR count). The van der Waals surface area contributed by atoms with Gasteiger partial charge in [0.25, 0.3) is 5.91 Å². The van der Waals surface area contributed by atoms with Gasteiger partial charge in [-0.1, -0.05) is 20.3 Å². The predicted molar refractivity (Wildman–Crippen MR) is 87.1 cm³/mol. The first-order valence-corrected chi connectivity index (χ1v) is 7.65. The Morgan fingerprint density at radius 2 is 1.76 bits per heavy atom. The maximum atomic E-state index is 12.3. The molecule has 21 heavy (non-hydrogen) atoms. The summed E-state index contributed by atoms with van der Waals surface area (Å²) in [5.74, 6) is 0.943. The van der Waals surface area contributed by atoms with Crippen molar-refractivity contribution in [3.63, 3.8) is 0 Å². The summed E-state index contributed by atoms with van der Waals surface area (Å²) in [6.07, 6.45) is 1.25. The summed E-state index contributed by atoms with van der Waals surface area (Å²) in [6.45, 7) is 9.71. The lowest BCUT2D eigenvalue weighted by atomic mass is 10.1. The van der Waals surface area contributed by atoms with E-state index in [9.17, 15) is 4.79 Å². The molecule has 0 aliphatic carbocycles. The summed E-state index contributed by atoms with van der Waals surface area (Å²) >= 11 is 0. The fourth-order valence-corrected chi connectivity index (χ4v) is 2.20. The van der Waals surface area contributed by atoms with Crippen LogP contribution in [-0.2, 0) is 0 Å². The van der Waals surface area contributed by atoms with Crippen molar-refractivity contribution in [3.05, 3.63) is 29.3 Å². The van der Waals surface area contributed by atoms with E-state index in [0.29, 0.717) is 0 Å². The molecule has 0 unspecified atom stereocenters. The molecule has 1 fully saturated rings. The quantitative estimate of drug-likeness (QED) is 0.840. The van der Waals surface area contributed by atoms with Gasteiger partial charge in [0.1, 0.15) is 5.75 Å². The van der Waals surface area contributed by atoms with Crippen LogP contribution in [0.15, 0.2) is 18.2 Å². The van der Waals surface area contributed by atoms with Crippen molar-refractivity contribution in [1.82, 2.24) is 9.80 Å². The molecule has 118 valence electrons. The predicted octanol–water partition coefficient (Wildman–Crippen LogP) is 2.81. The van der Waals surface area contributed by atoms with Crippen LogP contribution >= 0.6 is 0 Å². The van der Waals surface area contributed by atoms with Crippen molar-refractivity contribution >= 4 is 5.91 Å². The van der Waals surface area contributed by atoms with Gasteiger partial charge in [0, 0.05) is 31.7 Å². The van der Waals surface area contributed by atoms with E-state index in [4.69, 9.17) is 4.74 Å². The van der Waals surface area contributed by atoms with Crippen LogP contribution in [-0.4, -0.2) is 56.0 Å². The number of ether oxygens (including phenoxy) is 1. The lowest BCUT2D eigenvalue weighted by Gasteiger charge is -2.32. The number of amides is 1. The number of likely N-dealkylation sites (N-methyl/N-ethyl adjacent to an activating group) is 1. The zero-order valence-corrected chi connectivity index (χ0v) is 14.0. The van der Waals surface area contributed by atoms with Crippen LogP contribution in [0.3, 0.4) is 0 Å². The summed E-state index contributed by atoms with van der Waals surface area (Å²) in [6, 6.07) is 5.60. The van der Waals surface area contributed by atoms with Crippen LogP contribution in [0.4, 0.5) is 0 Å². The third-order valence-corrected chi connectivity index (χ3v) is 3.43. The number of rotatable bonds is 2. The zero-order chi connectivity index (χ0) is 15.8. The van der Waals surface area contributed by atoms with Crippen molar-refractivity contribution in [2.75, 3.05) is 40.3 Å². The Bertz CT molecular complexity index is 452. The Kier molecular flexibility index (Phi) is 7.23. The van der Waals surface area contributed by atoms with Crippen LogP contribution < -0.4 is 4.74 Å². The monoisotopic (exact) mass is 292 g/mol. The van der Waals surface area contributed by atoms with Crippen LogP contribution in [0.5, 0.6) is 5.75 Å². The van der Waals surface area contributed by atoms with Gasteiger partial charge in [-0.05, 0) is 37.7 Å². The Morgan fingerprint density at radius 1 is 1.19 bits per heavy atom. The molecule has 1 aliphatic heterocycles. The van der Waals surface area contributed by atoms with Gasteiger partial charge in [-0.15, -0.1) is 0 Å². The van der Waals surface area contributed by atoms with E-state index >= 15 is 0 Å². The number of hydrogen-bond donors (Lipinski definition) is 0. The van der Waals surface area contributed by atoms with Gasteiger partial charge in [-0.25, -0.2) is 0 Å². The van der Waals surface area contributed by atoms with Gasteiger partial charge in [-0.3, -0.25) is 4.79 Å². The van der Waals surface area contributed by atoms with Gasteiger partial charge >= 0.3 is 0 Å². The molecular formula is C17H28N2O2. The van der Waals surface area contributed by atoms with Crippen LogP contribution in [0, 0.1) is 6.92 Å². The molecule has 1 aromatic carbocycles. The molecule has 1 saturated heterocycles. The number of benzene rings is 1. The summed E-state index contributed by atoms with van der Waals surface area (Å²) in [7, 11) is 3.73. The molecule has 1 heterocycles. The number of carbonyl (C=O) groups excluding carboxylic acids is 1. The Labute approximate surface area is 128 Å². The Morgan fingerprint density at radius 3 is 2.24 bits per heavy atom. The normalized spacial score (nSPS) is 15.2. The molecule has 0 bridgehead atoms. The third kappa shape index (κ3) is 5.05. The molecule has 0 saturated carbocycles. The highest BCUT2D eigenvalue weighted by molar-refractivity contribution is 5.94. The van der Waals surface area contributed by atoms with E-state index in [0.717, 1.165) is 43.1 Å². The van der Waals surface area contributed by atoms with Crippen molar-refractivity contribution in [2.45, 2.75) is 27.2 Å². The summed E-state index contributed by atoms with van der Waals surface area (Å²) < 4.78 is 5.21. The van der Waals surface area contributed by atoms with E-state index in [1.54, 1.807) is 7.11 Å². The summed E-state index contributed by atoms with van der Waals surface area (Å²) in [5.41, 5.74) is 1.75. The molecule has 1 aliphatic rings. The van der Waals surface area contributed by atoms with E-state index in [1.807, 2.05) is 30.0 Å². The van der Waals surface area contributed by atoms with E-state index < -0.39 is 0 Å². The number of hydrogen-bond acceptors (Lipinski definition) is 3. The van der Waals surface area contributed by atoms with Crippen molar-refractivity contribution in [3.8, 4) is 5.75 Å². The highest BCUT2D eigenvalue weighted by Crippen LogP contribution is 2.19. The fraction of sp³-hybridized carbons (Fsp3) is 0.588. The SMILES string of the molecule is CCC.COc1ccc(C(=O)N2CCN(C)CC2)cc1C. The second-order valence-corrected chi connectivity index (χ2v) is 5.49. The largest absolute Gasteiger partial charge is 0.496 e. The van der Waals surface area contributed by atoms with Crippen LogP contribution in [0.1, 0.15) is 36.2 Å². The van der Waals surface area contributed by atoms with Crippen LogP contribution in [0.2, 0.25) is 0 Å². The second kappa shape index (κ2) is 8.67. The molecule has 4 heteroatoms. The van der Waals surface area contributed by atoms with Gasteiger partial charge in [0.15, 0.2) is 0 Å². The standard InChI is InChI=1S/C14H20N2O2.C3H8/c1-11-10-12(4-5-13(11)18-3)14(17)16-8-6-15(2)7-9-16;1-3-2/h4-5,10H,6-9H2,1-3H3;3H2,1-2H3. The van der Waals surface area contributed by atoms with Gasteiger partial charge in [-0.2, -0.15) is 0 Å². The van der Waals surface area contributed by atoms with Crippen molar-refractivity contribution < 1.29 is 9.53 Å². The van der Waals surface area contributed by atoms with Crippen LogP contribution in [0.25, 0.3) is 0 Å².